The molecule has 8 nitrogen and oxygen atoms in total. The fraction of sp³-hybridized carbons (Fsp3) is 0.136. The third-order valence-corrected chi connectivity index (χ3v) is 5.83. The number of nitro groups is 1. The Hall–Kier alpha value is -3.85. The van der Waals surface area contributed by atoms with Crippen molar-refractivity contribution in [1.29, 1.82) is 0 Å². The van der Waals surface area contributed by atoms with Crippen LogP contribution in [0.15, 0.2) is 59.0 Å². The topological polar surface area (TPSA) is 107 Å². The minimum absolute atomic E-state index is 0.123. The number of nitrogens with zero attached hydrogens (tertiary/aromatic N) is 3. The number of aryl methyl sites for hydroxylation is 2. The van der Waals surface area contributed by atoms with Gasteiger partial charge in [0, 0.05) is 23.1 Å². The number of thiophene rings is 1. The second-order valence-corrected chi connectivity index (χ2v) is 8.04. The molecule has 0 aliphatic heterocycles. The van der Waals surface area contributed by atoms with Crippen LogP contribution in [0.3, 0.4) is 0 Å². The molecular weight excluding hydrogens is 416 g/mol. The van der Waals surface area contributed by atoms with Gasteiger partial charge in [0.25, 0.3) is 11.2 Å². The third-order valence-electron chi connectivity index (χ3n) is 4.94. The Morgan fingerprint density at radius 1 is 1.19 bits per heavy atom. The highest BCUT2D eigenvalue weighted by atomic mass is 32.1. The van der Waals surface area contributed by atoms with Crippen LogP contribution in [0.5, 0.6) is 0 Å². The molecule has 0 bridgehead atoms. The first-order valence-corrected chi connectivity index (χ1v) is 10.3. The number of amides is 1. The van der Waals surface area contributed by atoms with Crippen LogP contribution in [0.2, 0.25) is 0 Å². The zero-order chi connectivity index (χ0) is 22.1. The fourth-order valence-electron chi connectivity index (χ4n) is 3.23. The van der Waals surface area contributed by atoms with E-state index in [2.05, 4.69) is 10.3 Å². The maximum absolute atomic E-state index is 13.1. The van der Waals surface area contributed by atoms with Gasteiger partial charge in [-0.15, -0.1) is 11.3 Å². The SMILES string of the molecule is Cc1ccc(-c2csc3ncn(CC(=O)Nc4cc([N+](=O)[O-])ccc4C)c(=O)c23)cc1. The standard InChI is InChI=1S/C22H18N4O4S/c1-13-3-6-15(7-4-13)17-11-31-21-20(17)22(28)25(12-23-21)10-19(27)24-18-9-16(26(29)30)8-5-14(18)2/h3-9,11-12H,10H2,1-2H3,(H,24,27). The molecule has 2 aromatic carbocycles. The van der Waals surface area contributed by atoms with Gasteiger partial charge in [-0.25, -0.2) is 4.98 Å². The van der Waals surface area contributed by atoms with E-state index in [1.165, 1.54) is 34.4 Å². The van der Waals surface area contributed by atoms with Gasteiger partial charge in [0.1, 0.15) is 11.4 Å². The Morgan fingerprint density at radius 2 is 1.94 bits per heavy atom. The molecule has 0 atom stereocenters. The van der Waals surface area contributed by atoms with Crippen LogP contribution < -0.4 is 10.9 Å². The monoisotopic (exact) mass is 434 g/mol. The predicted octanol–water partition coefficient (Wildman–Crippen LogP) is 4.29. The van der Waals surface area contributed by atoms with Gasteiger partial charge >= 0.3 is 0 Å². The van der Waals surface area contributed by atoms with Crippen molar-refractivity contribution in [1.82, 2.24) is 9.55 Å². The van der Waals surface area contributed by atoms with Crippen molar-refractivity contribution in [2.45, 2.75) is 20.4 Å². The first kappa shape index (κ1) is 20.4. The first-order valence-electron chi connectivity index (χ1n) is 9.42. The summed E-state index contributed by atoms with van der Waals surface area (Å²) in [6.07, 6.45) is 1.35. The summed E-state index contributed by atoms with van der Waals surface area (Å²) in [5.41, 5.74) is 3.38. The summed E-state index contributed by atoms with van der Waals surface area (Å²) < 4.78 is 1.24. The van der Waals surface area contributed by atoms with Gasteiger partial charge in [0.2, 0.25) is 5.91 Å². The molecule has 0 fully saturated rings. The van der Waals surface area contributed by atoms with Crippen LogP contribution in [0.25, 0.3) is 21.3 Å². The number of anilines is 1. The van der Waals surface area contributed by atoms with Crippen LogP contribution in [0, 0.1) is 24.0 Å². The molecule has 4 aromatic rings. The molecule has 1 amide bonds. The number of rotatable bonds is 5. The van der Waals surface area contributed by atoms with Crippen molar-refractivity contribution in [3.63, 3.8) is 0 Å². The maximum Gasteiger partial charge on any atom is 0.271 e. The molecular formula is C22H18N4O4S. The molecule has 4 rings (SSSR count). The van der Waals surface area contributed by atoms with Gasteiger partial charge in [0.15, 0.2) is 0 Å². The van der Waals surface area contributed by atoms with E-state index in [0.717, 1.165) is 16.7 Å². The van der Waals surface area contributed by atoms with E-state index in [9.17, 15) is 19.7 Å². The fourth-order valence-corrected chi connectivity index (χ4v) is 4.13. The van der Waals surface area contributed by atoms with Crippen molar-refractivity contribution >= 4 is 38.8 Å². The number of hydrogen-bond acceptors (Lipinski definition) is 6. The second-order valence-electron chi connectivity index (χ2n) is 7.18. The number of carbonyl (C=O) groups excluding carboxylic acids is 1. The molecule has 0 aliphatic rings. The van der Waals surface area contributed by atoms with Gasteiger partial charge < -0.3 is 5.32 Å². The minimum Gasteiger partial charge on any atom is -0.324 e. The van der Waals surface area contributed by atoms with E-state index in [4.69, 9.17) is 0 Å². The Balaban J connectivity index is 1.64. The third kappa shape index (κ3) is 4.08. The summed E-state index contributed by atoms with van der Waals surface area (Å²) in [4.78, 5) is 41.1. The maximum atomic E-state index is 13.1. The molecule has 0 unspecified atom stereocenters. The lowest BCUT2D eigenvalue weighted by Gasteiger charge is -2.10. The van der Waals surface area contributed by atoms with E-state index in [0.29, 0.717) is 21.5 Å². The van der Waals surface area contributed by atoms with Crippen molar-refractivity contribution in [2.75, 3.05) is 5.32 Å². The van der Waals surface area contributed by atoms with Crippen molar-refractivity contribution in [3.8, 4) is 11.1 Å². The molecule has 0 aliphatic carbocycles. The van der Waals surface area contributed by atoms with Gasteiger partial charge in [-0.3, -0.25) is 24.3 Å². The van der Waals surface area contributed by atoms with Crippen LogP contribution in [0.4, 0.5) is 11.4 Å². The lowest BCUT2D eigenvalue weighted by atomic mass is 10.1. The zero-order valence-corrected chi connectivity index (χ0v) is 17.6. The number of fused-ring (bicyclic) bond motifs is 1. The largest absolute Gasteiger partial charge is 0.324 e. The first-order chi connectivity index (χ1) is 14.8. The number of nitro benzene ring substituents is 1. The summed E-state index contributed by atoms with van der Waals surface area (Å²) in [5, 5.41) is 16.0. The van der Waals surface area contributed by atoms with E-state index in [1.54, 1.807) is 13.0 Å². The van der Waals surface area contributed by atoms with E-state index in [1.807, 2.05) is 36.6 Å². The molecule has 0 spiro atoms. The summed E-state index contributed by atoms with van der Waals surface area (Å²) in [6.45, 7) is 3.47. The Morgan fingerprint density at radius 3 is 2.65 bits per heavy atom. The van der Waals surface area contributed by atoms with E-state index >= 15 is 0 Å². The zero-order valence-electron chi connectivity index (χ0n) is 16.8. The highest BCUT2D eigenvalue weighted by Gasteiger charge is 2.16. The quantitative estimate of drug-likeness (QED) is 0.372. The van der Waals surface area contributed by atoms with E-state index < -0.39 is 10.8 Å². The molecule has 31 heavy (non-hydrogen) atoms. The molecule has 0 radical (unpaired) electrons. The highest BCUT2D eigenvalue weighted by molar-refractivity contribution is 7.17. The number of benzene rings is 2. The Kier molecular flexibility index (Phi) is 5.35. The van der Waals surface area contributed by atoms with Gasteiger partial charge in [-0.2, -0.15) is 0 Å². The number of nitrogens with one attached hydrogen (secondary N) is 1. The summed E-state index contributed by atoms with van der Waals surface area (Å²) in [6, 6.07) is 12.1. The molecule has 2 aromatic heterocycles. The summed E-state index contributed by atoms with van der Waals surface area (Å²) in [5.74, 6) is -0.473. The van der Waals surface area contributed by atoms with Crippen LogP contribution in [0.1, 0.15) is 11.1 Å². The van der Waals surface area contributed by atoms with Crippen LogP contribution in [-0.4, -0.2) is 20.4 Å². The molecule has 0 saturated heterocycles. The van der Waals surface area contributed by atoms with Crippen LogP contribution in [-0.2, 0) is 11.3 Å². The normalized spacial score (nSPS) is 10.9. The van der Waals surface area contributed by atoms with E-state index in [-0.39, 0.29) is 17.8 Å². The smallest absolute Gasteiger partial charge is 0.271 e. The van der Waals surface area contributed by atoms with Crippen LogP contribution >= 0.6 is 11.3 Å². The molecule has 2 heterocycles. The van der Waals surface area contributed by atoms with Gasteiger partial charge in [-0.05, 0) is 25.0 Å². The van der Waals surface area contributed by atoms with Crippen molar-refractivity contribution in [3.05, 3.63) is 85.8 Å². The summed E-state index contributed by atoms with van der Waals surface area (Å²) in [7, 11) is 0. The lowest BCUT2D eigenvalue weighted by Crippen LogP contribution is -2.28. The second kappa shape index (κ2) is 8.11. The lowest BCUT2D eigenvalue weighted by molar-refractivity contribution is -0.384. The van der Waals surface area contributed by atoms with Gasteiger partial charge in [-0.1, -0.05) is 35.9 Å². The summed E-state index contributed by atoms with van der Waals surface area (Å²) >= 11 is 1.37. The molecule has 156 valence electrons. The number of carbonyl (C=O) groups is 1. The minimum atomic E-state index is -0.527. The molecule has 1 N–H and O–H groups in total. The Labute approximate surface area is 181 Å². The Bertz CT molecular complexity index is 1370. The highest BCUT2D eigenvalue weighted by Crippen LogP contribution is 2.30. The number of non-ortho nitro benzene ring substituents is 1. The van der Waals surface area contributed by atoms with Gasteiger partial charge in [0.05, 0.1) is 22.3 Å². The van der Waals surface area contributed by atoms with Crippen molar-refractivity contribution in [2.24, 2.45) is 0 Å². The molecule has 0 saturated carbocycles. The number of aromatic nitrogens is 2. The predicted molar refractivity (Wildman–Crippen MR) is 121 cm³/mol. The average molecular weight is 434 g/mol. The van der Waals surface area contributed by atoms with Crippen molar-refractivity contribution < 1.29 is 9.72 Å². The average Bonchev–Trinajstić information content (AvgIpc) is 3.17. The number of hydrogen-bond donors (Lipinski definition) is 1. The molecule has 9 heteroatoms.